The second-order valence-corrected chi connectivity index (χ2v) is 7.53. The van der Waals surface area contributed by atoms with E-state index in [1.165, 1.54) is 6.42 Å². The molecule has 0 radical (unpaired) electrons. The Morgan fingerprint density at radius 3 is 2.62 bits per heavy atom. The van der Waals surface area contributed by atoms with Gasteiger partial charge < -0.3 is 10.2 Å². The summed E-state index contributed by atoms with van der Waals surface area (Å²) in [6.45, 7) is 2.06. The molecule has 1 saturated carbocycles. The molecule has 1 N–H and O–H groups in total. The fourth-order valence-corrected chi connectivity index (χ4v) is 3.86. The highest BCUT2D eigenvalue weighted by Crippen LogP contribution is 2.31. The van der Waals surface area contributed by atoms with Crippen molar-refractivity contribution in [1.29, 1.82) is 0 Å². The van der Waals surface area contributed by atoms with Crippen molar-refractivity contribution in [2.45, 2.75) is 51.1 Å². The highest BCUT2D eigenvalue weighted by atomic mass is 35.5. The smallest absolute Gasteiger partial charge is 0.315 e. The Morgan fingerprint density at radius 1 is 1.19 bits per heavy atom. The van der Waals surface area contributed by atoms with Gasteiger partial charge in [0.1, 0.15) is 0 Å². The van der Waals surface area contributed by atoms with Gasteiger partial charge in [0.25, 0.3) is 0 Å². The summed E-state index contributed by atoms with van der Waals surface area (Å²) in [6, 6.07) is 9.09. The molecule has 4 nitrogen and oxygen atoms in total. The topological polar surface area (TPSA) is 45.2 Å². The van der Waals surface area contributed by atoms with Crippen LogP contribution in [0.5, 0.6) is 0 Å². The van der Waals surface area contributed by atoms with E-state index >= 15 is 0 Å². The van der Waals surface area contributed by atoms with Crippen LogP contribution in [-0.4, -0.2) is 22.0 Å². The minimum Gasteiger partial charge on any atom is -0.315 e. The first kappa shape index (κ1) is 19.0. The highest BCUT2D eigenvalue weighted by Gasteiger charge is 2.30. The molecular weight excluding hydrogens is 369 g/mol. The van der Waals surface area contributed by atoms with Crippen molar-refractivity contribution in [2.24, 2.45) is 0 Å². The lowest BCUT2D eigenvalue weighted by Crippen LogP contribution is -2.45. The number of hydrogen-bond donors (Lipinski definition) is 1. The number of halogens is 2. The van der Waals surface area contributed by atoms with Crippen LogP contribution in [0.15, 0.2) is 42.7 Å². The van der Waals surface area contributed by atoms with Gasteiger partial charge >= 0.3 is 6.03 Å². The minimum absolute atomic E-state index is 0.0606. The largest absolute Gasteiger partial charge is 0.322 e. The van der Waals surface area contributed by atoms with Gasteiger partial charge in [-0.05, 0) is 49.6 Å². The van der Waals surface area contributed by atoms with Crippen LogP contribution in [-0.2, 0) is 0 Å². The molecule has 1 aromatic heterocycles. The van der Waals surface area contributed by atoms with E-state index in [1.54, 1.807) is 24.4 Å². The summed E-state index contributed by atoms with van der Waals surface area (Å²) < 4.78 is 0. The number of urea groups is 1. The Balaban J connectivity index is 1.83. The predicted octanol–water partition coefficient (Wildman–Crippen LogP) is 6.32. The minimum atomic E-state index is -0.119. The van der Waals surface area contributed by atoms with E-state index in [1.807, 2.05) is 23.2 Å². The number of hydrogen-bond acceptors (Lipinski definition) is 2. The number of benzene rings is 1. The number of carbonyl (C=O) groups excluding carboxylic acids is 1. The molecule has 1 aliphatic carbocycles. The summed E-state index contributed by atoms with van der Waals surface area (Å²) in [5.74, 6) is 0. The Labute approximate surface area is 164 Å². The Kier molecular flexibility index (Phi) is 6.38. The molecule has 0 saturated heterocycles. The summed E-state index contributed by atoms with van der Waals surface area (Å²) >= 11 is 12.0. The van der Waals surface area contributed by atoms with Crippen LogP contribution in [0.25, 0.3) is 0 Å². The molecule has 1 heterocycles. The third-order valence-electron chi connectivity index (χ3n) is 4.96. The standard InChI is InChI=1S/C20H23Cl2N3O/c1-14(15-6-5-11-23-13-15)25(17-7-3-2-4-8-17)20(26)24-16-9-10-18(21)19(22)12-16/h5-6,9-14,17H,2-4,7-8H2,1H3,(H,24,26)/t14-/m0/s1. The van der Waals surface area contributed by atoms with Gasteiger partial charge in [0.05, 0.1) is 16.1 Å². The number of nitrogens with zero attached hydrogens (tertiary/aromatic N) is 2. The van der Waals surface area contributed by atoms with Gasteiger partial charge in [0.2, 0.25) is 0 Å². The lowest BCUT2D eigenvalue weighted by atomic mass is 9.92. The first-order valence-electron chi connectivity index (χ1n) is 9.00. The first-order valence-corrected chi connectivity index (χ1v) is 9.76. The van der Waals surface area contributed by atoms with Gasteiger partial charge in [-0.3, -0.25) is 4.98 Å². The number of rotatable bonds is 4. The molecule has 1 fully saturated rings. The molecule has 1 atom stereocenters. The summed E-state index contributed by atoms with van der Waals surface area (Å²) in [5, 5.41) is 3.88. The summed E-state index contributed by atoms with van der Waals surface area (Å²) in [4.78, 5) is 19.3. The third-order valence-corrected chi connectivity index (χ3v) is 5.70. The maximum atomic E-state index is 13.1. The van der Waals surface area contributed by atoms with Crippen LogP contribution in [0.3, 0.4) is 0 Å². The number of aromatic nitrogens is 1. The van der Waals surface area contributed by atoms with Crippen molar-refractivity contribution < 1.29 is 4.79 Å². The van der Waals surface area contributed by atoms with E-state index in [2.05, 4.69) is 17.2 Å². The molecule has 138 valence electrons. The Bertz CT molecular complexity index is 748. The first-order chi connectivity index (χ1) is 12.6. The Morgan fingerprint density at radius 2 is 1.96 bits per heavy atom. The van der Waals surface area contributed by atoms with Gasteiger partial charge in [-0.25, -0.2) is 4.79 Å². The van der Waals surface area contributed by atoms with Crippen molar-refractivity contribution in [3.63, 3.8) is 0 Å². The van der Waals surface area contributed by atoms with Crippen LogP contribution in [0.4, 0.5) is 10.5 Å². The number of amides is 2. The number of nitrogens with one attached hydrogen (secondary N) is 1. The van der Waals surface area contributed by atoms with Crippen LogP contribution in [0.2, 0.25) is 10.0 Å². The molecule has 0 aliphatic heterocycles. The zero-order chi connectivity index (χ0) is 18.5. The number of pyridine rings is 1. The molecule has 26 heavy (non-hydrogen) atoms. The predicted molar refractivity (Wildman–Crippen MR) is 107 cm³/mol. The summed E-state index contributed by atoms with van der Waals surface area (Å²) in [7, 11) is 0. The summed E-state index contributed by atoms with van der Waals surface area (Å²) in [5.41, 5.74) is 1.67. The zero-order valence-corrected chi connectivity index (χ0v) is 16.3. The van der Waals surface area contributed by atoms with Crippen molar-refractivity contribution in [1.82, 2.24) is 9.88 Å². The molecule has 2 aromatic rings. The van der Waals surface area contributed by atoms with E-state index in [4.69, 9.17) is 23.2 Å². The normalized spacial score (nSPS) is 16.1. The summed E-state index contributed by atoms with van der Waals surface area (Å²) in [6.07, 6.45) is 9.17. The monoisotopic (exact) mass is 391 g/mol. The van der Waals surface area contributed by atoms with Gasteiger partial charge in [0.15, 0.2) is 0 Å². The fourth-order valence-electron chi connectivity index (χ4n) is 3.56. The lowest BCUT2D eigenvalue weighted by Gasteiger charge is -2.38. The Hall–Kier alpha value is -1.78. The van der Waals surface area contributed by atoms with Crippen molar-refractivity contribution in [3.05, 3.63) is 58.3 Å². The molecule has 1 aromatic carbocycles. The maximum absolute atomic E-state index is 13.1. The van der Waals surface area contributed by atoms with Gasteiger partial charge in [-0.1, -0.05) is 48.5 Å². The van der Waals surface area contributed by atoms with Gasteiger partial charge in [-0.15, -0.1) is 0 Å². The molecule has 6 heteroatoms. The van der Waals surface area contributed by atoms with Crippen LogP contribution < -0.4 is 5.32 Å². The quantitative estimate of drug-likeness (QED) is 0.662. The average molecular weight is 392 g/mol. The van der Waals surface area contributed by atoms with Gasteiger partial charge in [0, 0.05) is 24.1 Å². The van der Waals surface area contributed by atoms with E-state index in [-0.39, 0.29) is 18.1 Å². The third kappa shape index (κ3) is 4.49. The van der Waals surface area contributed by atoms with Crippen molar-refractivity contribution >= 4 is 34.9 Å². The number of carbonyl (C=O) groups is 1. The van der Waals surface area contributed by atoms with Crippen LogP contribution >= 0.6 is 23.2 Å². The molecular formula is C20H23Cl2N3O. The molecule has 0 spiro atoms. The van der Waals surface area contributed by atoms with Crippen LogP contribution in [0.1, 0.15) is 50.6 Å². The second kappa shape index (κ2) is 8.74. The maximum Gasteiger partial charge on any atom is 0.322 e. The van der Waals surface area contributed by atoms with Crippen LogP contribution in [0, 0.1) is 0 Å². The number of anilines is 1. The van der Waals surface area contributed by atoms with E-state index in [0.717, 1.165) is 31.2 Å². The highest BCUT2D eigenvalue weighted by molar-refractivity contribution is 6.42. The van der Waals surface area contributed by atoms with E-state index < -0.39 is 0 Å². The zero-order valence-electron chi connectivity index (χ0n) is 14.8. The molecule has 3 rings (SSSR count). The molecule has 1 aliphatic rings. The SMILES string of the molecule is C[C@@H](c1cccnc1)N(C(=O)Nc1ccc(Cl)c(Cl)c1)C1CCCCC1. The van der Waals surface area contributed by atoms with E-state index in [0.29, 0.717) is 15.7 Å². The van der Waals surface area contributed by atoms with Gasteiger partial charge in [-0.2, -0.15) is 0 Å². The van der Waals surface area contributed by atoms with Crippen molar-refractivity contribution in [3.8, 4) is 0 Å². The molecule has 0 bridgehead atoms. The molecule has 2 amide bonds. The van der Waals surface area contributed by atoms with E-state index in [9.17, 15) is 4.79 Å². The second-order valence-electron chi connectivity index (χ2n) is 6.72. The molecule has 0 unspecified atom stereocenters. The van der Waals surface area contributed by atoms with Crippen molar-refractivity contribution in [2.75, 3.05) is 5.32 Å². The lowest BCUT2D eigenvalue weighted by molar-refractivity contribution is 0.139. The fraction of sp³-hybridized carbons (Fsp3) is 0.400. The average Bonchev–Trinajstić information content (AvgIpc) is 2.66.